The number of aryl methyl sites for hydroxylation is 1. The Kier molecular flexibility index (Phi) is 5.77. The molecule has 0 radical (unpaired) electrons. The van der Waals surface area contributed by atoms with Gasteiger partial charge >= 0.3 is 5.97 Å². The van der Waals surface area contributed by atoms with Crippen molar-refractivity contribution in [1.29, 1.82) is 0 Å². The maximum atomic E-state index is 12.2. The average Bonchev–Trinajstić information content (AvgIpc) is 2.54. The first-order valence-corrected chi connectivity index (χ1v) is 7.69. The van der Waals surface area contributed by atoms with Crippen molar-refractivity contribution < 1.29 is 14.3 Å². The van der Waals surface area contributed by atoms with E-state index in [2.05, 4.69) is 5.32 Å². The van der Waals surface area contributed by atoms with Gasteiger partial charge in [0.05, 0.1) is 5.56 Å². The van der Waals surface area contributed by atoms with Gasteiger partial charge in [-0.05, 0) is 42.3 Å². The predicted octanol–water partition coefficient (Wildman–Crippen LogP) is 4.35. The predicted molar refractivity (Wildman–Crippen MR) is 90.7 cm³/mol. The molecule has 120 valence electrons. The van der Waals surface area contributed by atoms with Crippen LogP contribution in [0.3, 0.4) is 0 Å². The molecule has 23 heavy (non-hydrogen) atoms. The smallest absolute Gasteiger partial charge is 0.338 e. The Hall–Kier alpha value is -2.33. The summed E-state index contributed by atoms with van der Waals surface area (Å²) in [6.07, 6.45) is 0.378. The highest BCUT2D eigenvalue weighted by Crippen LogP contribution is 2.19. The highest BCUT2D eigenvalue weighted by atomic mass is 35.5. The SMILES string of the molecule is CCC(=O)Nc1cc(C(=O)OCc2cccc(Cl)c2)ccc1C. The van der Waals surface area contributed by atoms with Crippen molar-refractivity contribution in [3.8, 4) is 0 Å². The standard InChI is InChI=1S/C18H18ClNO3/c1-3-17(21)20-16-10-14(8-7-12(16)2)18(22)23-11-13-5-4-6-15(19)9-13/h4-10H,3,11H2,1-2H3,(H,20,21). The van der Waals surface area contributed by atoms with E-state index in [0.717, 1.165) is 11.1 Å². The fourth-order valence-corrected chi connectivity index (χ4v) is 2.19. The third-order valence-electron chi connectivity index (χ3n) is 3.33. The minimum absolute atomic E-state index is 0.0995. The number of ether oxygens (including phenoxy) is 1. The van der Waals surface area contributed by atoms with Gasteiger partial charge < -0.3 is 10.1 Å². The Morgan fingerprint density at radius 2 is 1.96 bits per heavy atom. The zero-order valence-corrected chi connectivity index (χ0v) is 13.8. The third-order valence-corrected chi connectivity index (χ3v) is 3.56. The Bertz CT molecular complexity index is 728. The van der Waals surface area contributed by atoms with Gasteiger partial charge in [0.25, 0.3) is 0 Å². The molecular formula is C18H18ClNO3. The molecular weight excluding hydrogens is 314 g/mol. The Morgan fingerprint density at radius 3 is 2.65 bits per heavy atom. The van der Waals surface area contributed by atoms with Crippen molar-refractivity contribution in [2.75, 3.05) is 5.32 Å². The molecule has 2 rings (SSSR count). The minimum atomic E-state index is -0.447. The van der Waals surface area contributed by atoms with Crippen molar-refractivity contribution >= 4 is 29.2 Å². The summed E-state index contributed by atoms with van der Waals surface area (Å²) in [6, 6.07) is 12.2. The fourth-order valence-electron chi connectivity index (χ4n) is 1.98. The lowest BCUT2D eigenvalue weighted by Gasteiger charge is -2.10. The van der Waals surface area contributed by atoms with Crippen LogP contribution >= 0.6 is 11.6 Å². The summed E-state index contributed by atoms with van der Waals surface area (Å²) >= 11 is 5.90. The van der Waals surface area contributed by atoms with Gasteiger partial charge in [-0.15, -0.1) is 0 Å². The number of nitrogens with one attached hydrogen (secondary N) is 1. The van der Waals surface area contributed by atoms with Crippen molar-refractivity contribution in [2.45, 2.75) is 26.9 Å². The largest absolute Gasteiger partial charge is 0.457 e. The van der Waals surface area contributed by atoms with E-state index in [4.69, 9.17) is 16.3 Å². The lowest BCUT2D eigenvalue weighted by atomic mass is 10.1. The molecule has 1 amide bonds. The maximum absolute atomic E-state index is 12.2. The number of halogens is 1. The van der Waals surface area contributed by atoms with Crippen LogP contribution in [0.25, 0.3) is 0 Å². The number of carbonyl (C=O) groups is 2. The molecule has 0 saturated heterocycles. The van der Waals surface area contributed by atoms with E-state index < -0.39 is 5.97 Å². The molecule has 5 heteroatoms. The summed E-state index contributed by atoms with van der Waals surface area (Å²) in [4.78, 5) is 23.7. The summed E-state index contributed by atoms with van der Waals surface area (Å²) < 4.78 is 5.29. The van der Waals surface area contributed by atoms with Crippen molar-refractivity contribution in [3.05, 3.63) is 64.2 Å². The van der Waals surface area contributed by atoms with Crippen LogP contribution in [0.4, 0.5) is 5.69 Å². The van der Waals surface area contributed by atoms with Gasteiger partial charge in [0, 0.05) is 17.1 Å². The molecule has 0 aliphatic carbocycles. The molecule has 0 fully saturated rings. The van der Waals surface area contributed by atoms with E-state index in [1.807, 2.05) is 13.0 Å². The first kappa shape index (κ1) is 17.0. The molecule has 0 bridgehead atoms. The van der Waals surface area contributed by atoms with Gasteiger partial charge in [-0.2, -0.15) is 0 Å². The van der Waals surface area contributed by atoms with E-state index in [9.17, 15) is 9.59 Å². The maximum Gasteiger partial charge on any atom is 0.338 e. The van der Waals surface area contributed by atoms with E-state index in [1.165, 1.54) is 0 Å². The van der Waals surface area contributed by atoms with E-state index in [0.29, 0.717) is 22.7 Å². The number of anilines is 1. The fraction of sp³-hybridized carbons (Fsp3) is 0.222. The summed E-state index contributed by atoms with van der Waals surface area (Å²) in [6.45, 7) is 3.78. The van der Waals surface area contributed by atoms with Crippen LogP contribution in [0, 0.1) is 6.92 Å². The zero-order valence-electron chi connectivity index (χ0n) is 13.1. The highest BCUT2D eigenvalue weighted by Gasteiger charge is 2.11. The third kappa shape index (κ3) is 4.83. The van der Waals surface area contributed by atoms with Crippen molar-refractivity contribution in [3.63, 3.8) is 0 Å². The molecule has 0 aromatic heterocycles. The molecule has 1 N–H and O–H groups in total. The van der Waals surface area contributed by atoms with Crippen LogP contribution in [0.1, 0.15) is 34.8 Å². The Labute approximate surface area is 140 Å². The first-order valence-electron chi connectivity index (χ1n) is 7.31. The number of amides is 1. The van der Waals surface area contributed by atoms with Gasteiger partial charge in [-0.25, -0.2) is 4.79 Å². The second kappa shape index (κ2) is 7.79. The number of rotatable bonds is 5. The quantitative estimate of drug-likeness (QED) is 0.828. The average molecular weight is 332 g/mol. The molecule has 0 aliphatic heterocycles. The van der Waals surface area contributed by atoms with Crippen molar-refractivity contribution in [2.24, 2.45) is 0 Å². The van der Waals surface area contributed by atoms with Gasteiger partial charge in [-0.1, -0.05) is 36.7 Å². The highest BCUT2D eigenvalue weighted by molar-refractivity contribution is 6.30. The van der Waals surface area contributed by atoms with Crippen LogP contribution < -0.4 is 5.32 Å². The minimum Gasteiger partial charge on any atom is -0.457 e. The second-order valence-corrected chi connectivity index (χ2v) is 5.57. The van der Waals surface area contributed by atoms with Gasteiger partial charge in [0.15, 0.2) is 0 Å². The summed E-state index contributed by atoms with van der Waals surface area (Å²) in [7, 11) is 0. The van der Waals surface area contributed by atoms with Crippen LogP contribution in [0.15, 0.2) is 42.5 Å². The molecule has 0 aliphatic rings. The summed E-state index contributed by atoms with van der Waals surface area (Å²) in [5.41, 5.74) is 2.72. The molecule has 0 unspecified atom stereocenters. The molecule has 4 nitrogen and oxygen atoms in total. The van der Waals surface area contributed by atoms with Crippen molar-refractivity contribution in [1.82, 2.24) is 0 Å². The van der Waals surface area contributed by atoms with Crippen LogP contribution in [0.2, 0.25) is 5.02 Å². The Balaban J connectivity index is 2.07. The lowest BCUT2D eigenvalue weighted by molar-refractivity contribution is -0.115. The number of hydrogen-bond acceptors (Lipinski definition) is 3. The van der Waals surface area contributed by atoms with Crippen LogP contribution in [-0.4, -0.2) is 11.9 Å². The van der Waals surface area contributed by atoms with Gasteiger partial charge in [0.1, 0.15) is 6.61 Å². The van der Waals surface area contributed by atoms with E-state index >= 15 is 0 Å². The Morgan fingerprint density at radius 1 is 1.17 bits per heavy atom. The first-order chi connectivity index (χ1) is 11.0. The van der Waals surface area contributed by atoms with Crippen LogP contribution in [0.5, 0.6) is 0 Å². The number of hydrogen-bond donors (Lipinski definition) is 1. The number of carbonyl (C=O) groups excluding carboxylic acids is 2. The van der Waals surface area contributed by atoms with E-state index in [-0.39, 0.29) is 12.5 Å². The topological polar surface area (TPSA) is 55.4 Å². The van der Waals surface area contributed by atoms with E-state index in [1.54, 1.807) is 43.3 Å². The summed E-state index contributed by atoms with van der Waals surface area (Å²) in [5, 5.41) is 3.37. The number of esters is 1. The van der Waals surface area contributed by atoms with Gasteiger partial charge in [0.2, 0.25) is 5.91 Å². The lowest BCUT2D eigenvalue weighted by Crippen LogP contribution is -2.12. The normalized spacial score (nSPS) is 10.2. The second-order valence-electron chi connectivity index (χ2n) is 5.14. The monoisotopic (exact) mass is 331 g/mol. The zero-order chi connectivity index (χ0) is 16.8. The molecule has 2 aromatic rings. The molecule has 0 saturated carbocycles. The number of benzene rings is 2. The summed E-state index contributed by atoms with van der Waals surface area (Å²) in [5.74, 6) is -0.547. The molecule has 0 atom stereocenters. The molecule has 0 spiro atoms. The van der Waals surface area contributed by atoms with Gasteiger partial charge in [-0.3, -0.25) is 4.79 Å². The molecule has 0 heterocycles. The molecule has 2 aromatic carbocycles. The van der Waals surface area contributed by atoms with Crippen LogP contribution in [-0.2, 0) is 16.1 Å².